The highest BCUT2D eigenvalue weighted by molar-refractivity contribution is 5.87. The molecule has 0 amide bonds. The summed E-state index contributed by atoms with van der Waals surface area (Å²) in [4.78, 5) is 24.8. The second-order valence-corrected chi connectivity index (χ2v) is 7.04. The van der Waals surface area contributed by atoms with Crippen LogP contribution >= 0.6 is 0 Å². The largest absolute Gasteiger partial charge is 0.462 e. The van der Waals surface area contributed by atoms with Gasteiger partial charge in [-0.25, -0.2) is 4.79 Å². The Morgan fingerprint density at radius 1 is 1.21 bits per heavy atom. The van der Waals surface area contributed by atoms with Gasteiger partial charge in [0.2, 0.25) is 0 Å². The highest BCUT2D eigenvalue weighted by Crippen LogP contribution is 2.21. The third kappa shape index (κ3) is 6.03. The lowest BCUT2D eigenvalue weighted by Crippen LogP contribution is -2.37. The number of ether oxygens (including phenoxy) is 1. The number of piperidine rings is 1. The lowest BCUT2D eigenvalue weighted by atomic mass is 9.98. The first-order chi connectivity index (χ1) is 13.6. The van der Waals surface area contributed by atoms with Crippen molar-refractivity contribution in [2.45, 2.75) is 19.4 Å². The van der Waals surface area contributed by atoms with Crippen LogP contribution in [0.3, 0.4) is 0 Å². The first-order valence-electron chi connectivity index (χ1n) is 9.46. The molecular weight excluding hydrogens is 356 g/mol. The lowest BCUT2D eigenvalue weighted by molar-refractivity contribution is -0.384. The maximum Gasteiger partial charge on any atom is 0.330 e. The van der Waals surface area contributed by atoms with Crippen molar-refractivity contribution in [1.29, 1.82) is 0 Å². The van der Waals surface area contributed by atoms with Crippen LogP contribution in [0.2, 0.25) is 0 Å². The molecule has 0 aromatic heterocycles. The van der Waals surface area contributed by atoms with Gasteiger partial charge in [-0.05, 0) is 36.6 Å². The first-order valence-corrected chi connectivity index (χ1v) is 9.46. The van der Waals surface area contributed by atoms with Crippen LogP contribution in [0.4, 0.5) is 5.69 Å². The fourth-order valence-electron chi connectivity index (χ4n) is 3.43. The van der Waals surface area contributed by atoms with Gasteiger partial charge in [0, 0.05) is 37.2 Å². The van der Waals surface area contributed by atoms with Gasteiger partial charge in [-0.1, -0.05) is 42.5 Å². The standard InChI is InChI=1S/C22H24N2O4/c25-22(12-11-18-6-2-1-3-7-18)28-17-20-9-5-13-23(16-20)15-19-8-4-10-21(14-19)24(26)27/h1-4,6-8,10-12,14,20H,5,9,13,15-17H2/b12-11+/t20-/m0/s1. The molecular formula is C22H24N2O4. The molecule has 1 fully saturated rings. The van der Waals surface area contributed by atoms with E-state index in [1.807, 2.05) is 36.4 Å². The number of benzene rings is 2. The molecule has 28 heavy (non-hydrogen) atoms. The molecule has 0 spiro atoms. The Labute approximate surface area is 164 Å². The van der Waals surface area contributed by atoms with Gasteiger partial charge in [-0.3, -0.25) is 15.0 Å². The smallest absolute Gasteiger partial charge is 0.330 e. The Bertz CT molecular complexity index is 835. The number of nitro benzene ring substituents is 1. The monoisotopic (exact) mass is 380 g/mol. The van der Waals surface area contributed by atoms with Crippen molar-refractivity contribution in [3.05, 3.63) is 81.9 Å². The molecule has 6 nitrogen and oxygen atoms in total. The molecule has 2 aromatic rings. The van der Waals surface area contributed by atoms with Crippen molar-refractivity contribution in [2.75, 3.05) is 19.7 Å². The van der Waals surface area contributed by atoms with E-state index in [2.05, 4.69) is 4.90 Å². The second kappa shape index (κ2) is 9.80. The van der Waals surface area contributed by atoms with Gasteiger partial charge in [0.15, 0.2) is 0 Å². The summed E-state index contributed by atoms with van der Waals surface area (Å²) in [5.74, 6) is -0.0545. The number of hydrogen-bond donors (Lipinski definition) is 0. The van der Waals surface area contributed by atoms with Crippen LogP contribution in [-0.2, 0) is 16.1 Å². The van der Waals surface area contributed by atoms with E-state index >= 15 is 0 Å². The summed E-state index contributed by atoms with van der Waals surface area (Å²) in [6.45, 7) is 2.82. The fraction of sp³-hybridized carbons (Fsp3) is 0.318. The zero-order chi connectivity index (χ0) is 19.8. The van der Waals surface area contributed by atoms with Gasteiger partial charge in [-0.2, -0.15) is 0 Å². The lowest BCUT2D eigenvalue weighted by Gasteiger charge is -2.32. The summed E-state index contributed by atoms with van der Waals surface area (Å²) in [5, 5.41) is 10.9. The Morgan fingerprint density at radius 2 is 2.04 bits per heavy atom. The van der Waals surface area contributed by atoms with E-state index in [9.17, 15) is 14.9 Å². The minimum atomic E-state index is -0.370. The molecule has 1 saturated heterocycles. The zero-order valence-corrected chi connectivity index (χ0v) is 15.7. The Kier molecular flexibility index (Phi) is 6.92. The van der Waals surface area contributed by atoms with E-state index in [-0.39, 0.29) is 22.5 Å². The van der Waals surface area contributed by atoms with E-state index in [4.69, 9.17) is 4.74 Å². The molecule has 0 bridgehead atoms. The predicted molar refractivity (Wildman–Crippen MR) is 108 cm³/mol. The van der Waals surface area contributed by atoms with Crippen LogP contribution in [0.15, 0.2) is 60.7 Å². The molecule has 3 rings (SSSR count). The van der Waals surface area contributed by atoms with Crippen molar-refractivity contribution in [3.8, 4) is 0 Å². The topological polar surface area (TPSA) is 72.7 Å². The zero-order valence-electron chi connectivity index (χ0n) is 15.7. The quantitative estimate of drug-likeness (QED) is 0.313. The molecule has 1 heterocycles. The molecule has 6 heteroatoms. The maximum atomic E-state index is 11.9. The number of likely N-dealkylation sites (tertiary alicyclic amines) is 1. The van der Waals surface area contributed by atoms with Gasteiger partial charge in [-0.15, -0.1) is 0 Å². The average Bonchev–Trinajstić information content (AvgIpc) is 2.72. The number of hydrogen-bond acceptors (Lipinski definition) is 5. The summed E-state index contributed by atoms with van der Waals surface area (Å²) < 4.78 is 5.41. The molecule has 1 aliphatic rings. The number of carbonyl (C=O) groups excluding carboxylic acids is 1. The number of esters is 1. The Balaban J connectivity index is 1.47. The minimum Gasteiger partial charge on any atom is -0.462 e. The first kappa shape index (κ1) is 19.8. The summed E-state index contributed by atoms with van der Waals surface area (Å²) in [6.07, 6.45) is 5.25. The van der Waals surface area contributed by atoms with Crippen molar-refractivity contribution >= 4 is 17.7 Å². The molecule has 2 aromatic carbocycles. The van der Waals surface area contributed by atoms with Crippen LogP contribution in [0.25, 0.3) is 6.08 Å². The normalized spacial score (nSPS) is 17.5. The van der Waals surface area contributed by atoms with Crippen molar-refractivity contribution in [1.82, 2.24) is 4.90 Å². The summed E-state index contributed by atoms with van der Waals surface area (Å²) in [7, 11) is 0. The van der Waals surface area contributed by atoms with Crippen LogP contribution in [-0.4, -0.2) is 35.5 Å². The number of non-ortho nitro benzene ring substituents is 1. The molecule has 0 saturated carbocycles. The highest BCUT2D eigenvalue weighted by atomic mass is 16.6. The summed E-state index contributed by atoms with van der Waals surface area (Å²) in [6, 6.07) is 16.4. The molecule has 146 valence electrons. The number of rotatable bonds is 7. The minimum absolute atomic E-state index is 0.116. The molecule has 1 aliphatic heterocycles. The Hall–Kier alpha value is -2.99. The Morgan fingerprint density at radius 3 is 2.82 bits per heavy atom. The predicted octanol–water partition coefficient (Wildman–Crippen LogP) is 4.06. The number of carbonyl (C=O) groups is 1. The van der Waals surface area contributed by atoms with E-state index < -0.39 is 0 Å². The molecule has 0 unspecified atom stereocenters. The van der Waals surface area contributed by atoms with Crippen LogP contribution in [0.5, 0.6) is 0 Å². The van der Waals surface area contributed by atoms with E-state index in [1.54, 1.807) is 18.2 Å². The fourth-order valence-corrected chi connectivity index (χ4v) is 3.43. The van der Waals surface area contributed by atoms with E-state index in [0.29, 0.717) is 13.2 Å². The third-order valence-corrected chi connectivity index (χ3v) is 4.80. The molecule has 0 radical (unpaired) electrons. The SMILES string of the molecule is O=C(/C=C/c1ccccc1)OC[C@H]1CCCN(Cc2cccc([N+](=O)[O-])c2)C1. The van der Waals surface area contributed by atoms with Gasteiger partial charge < -0.3 is 4.74 Å². The van der Waals surface area contributed by atoms with Gasteiger partial charge in [0.25, 0.3) is 5.69 Å². The van der Waals surface area contributed by atoms with Gasteiger partial charge >= 0.3 is 5.97 Å². The second-order valence-electron chi connectivity index (χ2n) is 7.04. The molecule has 0 aliphatic carbocycles. The van der Waals surface area contributed by atoms with Gasteiger partial charge in [0.05, 0.1) is 11.5 Å². The number of nitrogens with zero attached hydrogens (tertiary/aromatic N) is 2. The summed E-state index contributed by atoms with van der Waals surface area (Å²) >= 11 is 0. The third-order valence-electron chi connectivity index (χ3n) is 4.80. The highest BCUT2D eigenvalue weighted by Gasteiger charge is 2.21. The summed E-state index contributed by atoms with van der Waals surface area (Å²) in [5.41, 5.74) is 2.00. The van der Waals surface area contributed by atoms with Crippen LogP contribution in [0, 0.1) is 16.0 Å². The molecule has 1 atom stereocenters. The van der Waals surface area contributed by atoms with Crippen molar-refractivity contribution in [2.24, 2.45) is 5.92 Å². The maximum absolute atomic E-state index is 11.9. The van der Waals surface area contributed by atoms with Crippen LogP contribution in [0.1, 0.15) is 24.0 Å². The van der Waals surface area contributed by atoms with Crippen molar-refractivity contribution in [3.63, 3.8) is 0 Å². The van der Waals surface area contributed by atoms with Crippen LogP contribution < -0.4 is 0 Å². The number of nitro groups is 1. The van der Waals surface area contributed by atoms with E-state index in [1.165, 1.54) is 12.1 Å². The van der Waals surface area contributed by atoms with Crippen molar-refractivity contribution < 1.29 is 14.5 Å². The van der Waals surface area contributed by atoms with Gasteiger partial charge in [0.1, 0.15) is 0 Å². The average molecular weight is 380 g/mol. The molecule has 0 N–H and O–H groups in total. The van der Waals surface area contributed by atoms with E-state index in [0.717, 1.165) is 37.1 Å².